The summed E-state index contributed by atoms with van der Waals surface area (Å²) in [6.07, 6.45) is 7.58. The minimum atomic E-state index is -2.18. The van der Waals surface area contributed by atoms with E-state index in [-0.39, 0.29) is 0 Å². The first-order chi connectivity index (χ1) is 9.62. The Labute approximate surface area is 127 Å². The zero-order chi connectivity index (χ0) is 15.2. The summed E-state index contributed by atoms with van der Waals surface area (Å²) in [7, 11) is -2.18. The molecule has 20 heavy (non-hydrogen) atoms. The second-order valence-electron chi connectivity index (χ2n) is 6.18. The molecule has 0 aromatic carbocycles. The third kappa shape index (κ3) is 2.73. The summed E-state index contributed by atoms with van der Waals surface area (Å²) in [5.74, 6) is 0.782. The topological polar surface area (TPSA) is 18.5 Å². The van der Waals surface area contributed by atoms with Crippen molar-refractivity contribution in [3.05, 3.63) is 0 Å². The van der Waals surface area contributed by atoms with E-state index in [1.54, 1.807) is 0 Å². The first kappa shape index (κ1) is 18.2. The van der Waals surface area contributed by atoms with Gasteiger partial charge in [0.1, 0.15) is 0 Å². The van der Waals surface area contributed by atoms with Crippen molar-refractivity contribution in [1.82, 2.24) is 0 Å². The molecule has 0 amide bonds. The van der Waals surface area contributed by atoms with Crippen LogP contribution in [0.25, 0.3) is 0 Å². The lowest BCUT2D eigenvalue weighted by Gasteiger charge is -2.57. The molecule has 3 heteroatoms. The van der Waals surface area contributed by atoms with Gasteiger partial charge in [-0.1, -0.05) is 40.5 Å². The molecule has 1 rings (SSSR count). The smallest absolute Gasteiger partial charge is 0.348 e. The van der Waals surface area contributed by atoms with E-state index in [2.05, 4.69) is 41.5 Å². The van der Waals surface area contributed by atoms with Gasteiger partial charge in [0.05, 0.1) is 0 Å². The second kappa shape index (κ2) is 7.95. The standard InChI is InChI=1S/C17H36O2Si/c1-7-15-13-14-16(8-2)20(18-11-5,19-12-6)17(15,9-3)10-4/h15-16H,7-14H2,1-6H3. The van der Waals surface area contributed by atoms with E-state index in [1.165, 1.54) is 38.5 Å². The Kier molecular flexibility index (Phi) is 7.23. The van der Waals surface area contributed by atoms with Gasteiger partial charge in [0, 0.05) is 23.8 Å². The molecule has 0 spiro atoms. The molecule has 0 aromatic heterocycles. The van der Waals surface area contributed by atoms with E-state index < -0.39 is 8.56 Å². The Morgan fingerprint density at radius 3 is 1.75 bits per heavy atom. The molecule has 0 radical (unpaired) electrons. The van der Waals surface area contributed by atoms with Crippen LogP contribution >= 0.6 is 0 Å². The monoisotopic (exact) mass is 300 g/mol. The maximum atomic E-state index is 6.56. The molecule has 0 aromatic rings. The van der Waals surface area contributed by atoms with Crippen LogP contribution in [0.2, 0.25) is 10.6 Å². The Morgan fingerprint density at radius 2 is 1.40 bits per heavy atom. The van der Waals surface area contributed by atoms with Crippen LogP contribution in [0.3, 0.4) is 0 Å². The highest BCUT2D eigenvalue weighted by atomic mass is 28.4. The van der Waals surface area contributed by atoms with Crippen LogP contribution in [0, 0.1) is 5.92 Å². The molecule has 2 atom stereocenters. The van der Waals surface area contributed by atoms with Gasteiger partial charge in [0.25, 0.3) is 0 Å². The molecule has 0 saturated carbocycles. The lowest BCUT2D eigenvalue weighted by molar-refractivity contribution is 0.0887. The molecule has 1 heterocycles. The van der Waals surface area contributed by atoms with Crippen LogP contribution < -0.4 is 0 Å². The van der Waals surface area contributed by atoms with Crippen molar-refractivity contribution in [2.45, 2.75) is 90.6 Å². The van der Waals surface area contributed by atoms with E-state index in [9.17, 15) is 0 Å². The van der Waals surface area contributed by atoms with Gasteiger partial charge in [0.15, 0.2) is 0 Å². The Hall–Kier alpha value is 0.137. The van der Waals surface area contributed by atoms with Gasteiger partial charge in [-0.3, -0.25) is 0 Å². The van der Waals surface area contributed by atoms with Crippen LogP contribution in [-0.4, -0.2) is 21.8 Å². The predicted molar refractivity (Wildman–Crippen MR) is 89.3 cm³/mol. The SMILES string of the molecule is CCO[Si]1(OCC)C(CC)CCC(CC)C1(CC)CC. The van der Waals surface area contributed by atoms with Crippen molar-refractivity contribution >= 4 is 8.56 Å². The summed E-state index contributed by atoms with van der Waals surface area (Å²) in [6.45, 7) is 15.3. The maximum absolute atomic E-state index is 6.56. The molecule has 1 aliphatic heterocycles. The quantitative estimate of drug-likeness (QED) is 0.538. The van der Waals surface area contributed by atoms with Gasteiger partial charge >= 0.3 is 8.56 Å². The van der Waals surface area contributed by atoms with Crippen molar-refractivity contribution in [2.24, 2.45) is 5.92 Å². The van der Waals surface area contributed by atoms with Crippen molar-refractivity contribution in [1.29, 1.82) is 0 Å². The molecule has 1 fully saturated rings. The predicted octanol–water partition coefficient (Wildman–Crippen LogP) is 5.66. The number of hydrogen-bond acceptors (Lipinski definition) is 2. The fraction of sp³-hybridized carbons (Fsp3) is 1.00. The lowest BCUT2D eigenvalue weighted by Crippen LogP contribution is -2.61. The van der Waals surface area contributed by atoms with E-state index >= 15 is 0 Å². The van der Waals surface area contributed by atoms with Gasteiger partial charge in [-0.2, -0.15) is 0 Å². The van der Waals surface area contributed by atoms with E-state index in [4.69, 9.17) is 8.85 Å². The number of hydrogen-bond donors (Lipinski definition) is 0. The fourth-order valence-corrected chi connectivity index (χ4v) is 10.7. The highest BCUT2D eigenvalue weighted by Crippen LogP contribution is 2.63. The first-order valence-electron chi connectivity index (χ1n) is 8.90. The summed E-state index contributed by atoms with van der Waals surface area (Å²) in [4.78, 5) is 0. The van der Waals surface area contributed by atoms with E-state index in [0.29, 0.717) is 10.6 Å². The van der Waals surface area contributed by atoms with Crippen molar-refractivity contribution in [2.75, 3.05) is 13.2 Å². The van der Waals surface area contributed by atoms with Crippen molar-refractivity contribution < 1.29 is 8.85 Å². The van der Waals surface area contributed by atoms with Crippen LogP contribution in [-0.2, 0) is 8.85 Å². The summed E-state index contributed by atoms with van der Waals surface area (Å²) >= 11 is 0. The fourth-order valence-electron chi connectivity index (χ4n) is 4.94. The number of rotatable bonds is 8. The third-order valence-corrected chi connectivity index (χ3v) is 11.6. The van der Waals surface area contributed by atoms with Gasteiger partial charge in [-0.05, 0) is 45.4 Å². The first-order valence-corrected chi connectivity index (χ1v) is 10.8. The van der Waals surface area contributed by atoms with Crippen LogP contribution in [0.15, 0.2) is 0 Å². The van der Waals surface area contributed by atoms with Crippen LogP contribution in [0.5, 0.6) is 0 Å². The van der Waals surface area contributed by atoms with Gasteiger partial charge in [-0.15, -0.1) is 0 Å². The van der Waals surface area contributed by atoms with Gasteiger partial charge < -0.3 is 8.85 Å². The summed E-state index contributed by atoms with van der Waals surface area (Å²) in [5.41, 5.74) is 0.671. The lowest BCUT2D eigenvalue weighted by atomic mass is 9.80. The van der Waals surface area contributed by atoms with Crippen molar-refractivity contribution in [3.63, 3.8) is 0 Å². The molecular formula is C17H36O2Si. The molecular weight excluding hydrogens is 264 g/mol. The summed E-state index contributed by atoms with van der Waals surface area (Å²) in [5, 5.41) is 0.312. The van der Waals surface area contributed by atoms with Gasteiger partial charge in [-0.25, -0.2) is 0 Å². The minimum absolute atomic E-state index is 0.312. The normalized spacial score (nSPS) is 28.5. The maximum Gasteiger partial charge on any atom is 0.348 e. The molecule has 0 N–H and O–H groups in total. The Bertz CT molecular complexity index is 270. The zero-order valence-corrected chi connectivity index (χ0v) is 15.6. The average Bonchev–Trinajstić information content (AvgIpc) is 2.47. The summed E-state index contributed by atoms with van der Waals surface area (Å²) in [6, 6.07) is 0. The van der Waals surface area contributed by atoms with E-state index in [1.807, 2.05) is 0 Å². The molecule has 0 aliphatic carbocycles. The second-order valence-corrected chi connectivity index (χ2v) is 9.91. The molecule has 0 bridgehead atoms. The Morgan fingerprint density at radius 1 is 0.850 bits per heavy atom. The highest BCUT2D eigenvalue weighted by Gasteiger charge is 2.64. The zero-order valence-electron chi connectivity index (χ0n) is 14.6. The van der Waals surface area contributed by atoms with Crippen molar-refractivity contribution in [3.8, 4) is 0 Å². The molecule has 2 nitrogen and oxygen atoms in total. The molecule has 120 valence electrons. The molecule has 2 unspecified atom stereocenters. The molecule has 1 saturated heterocycles. The largest absolute Gasteiger partial charge is 0.394 e. The third-order valence-electron chi connectivity index (χ3n) is 5.84. The minimum Gasteiger partial charge on any atom is -0.394 e. The highest BCUT2D eigenvalue weighted by molar-refractivity contribution is 6.72. The Balaban J connectivity index is 3.34. The summed E-state index contributed by atoms with van der Waals surface area (Å²) < 4.78 is 13.1. The van der Waals surface area contributed by atoms with Crippen LogP contribution in [0.4, 0.5) is 0 Å². The molecule has 1 aliphatic rings. The van der Waals surface area contributed by atoms with Gasteiger partial charge in [0.2, 0.25) is 0 Å². The average molecular weight is 301 g/mol. The van der Waals surface area contributed by atoms with Crippen LogP contribution in [0.1, 0.15) is 80.1 Å². The van der Waals surface area contributed by atoms with E-state index in [0.717, 1.165) is 19.1 Å².